The largest absolute Gasteiger partial charge is 0.507 e. The number of rotatable bonds is 8. The molecule has 0 saturated heterocycles. The first-order chi connectivity index (χ1) is 15.9. The lowest BCUT2D eigenvalue weighted by atomic mass is 9.94. The lowest BCUT2D eigenvalue weighted by Gasteiger charge is -2.27. The van der Waals surface area contributed by atoms with Crippen LogP contribution >= 0.6 is 0 Å². The molecule has 1 atom stereocenters. The minimum absolute atomic E-state index is 0.0375. The number of methoxy groups -OCH3 is 1. The number of hydrogen-bond donors (Lipinski definition) is 3. The van der Waals surface area contributed by atoms with E-state index in [0.29, 0.717) is 54.4 Å². The Bertz CT molecular complexity index is 1190. The molecule has 0 bridgehead atoms. The van der Waals surface area contributed by atoms with Gasteiger partial charge in [0.1, 0.15) is 17.1 Å². The predicted octanol–water partition coefficient (Wildman–Crippen LogP) is 4.09. The van der Waals surface area contributed by atoms with Crippen LogP contribution in [0.1, 0.15) is 52.1 Å². The van der Waals surface area contributed by atoms with E-state index in [4.69, 9.17) is 9.47 Å². The summed E-state index contributed by atoms with van der Waals surface area (Å²) in [5.74, 6) is 0.363. The number of H-pyrrole nitrogens is 1. The fourth-order valence-electron chi connectivity index (χ4n) is 4.47. The van der Waals surface area contributed by atoms with E-state index in [0.717, 1.165) is 16.7 Å². The van der Waals surface area contributed by atoms with Crippen molar-refractivity contribution in [2.24, 2.45) is 0 Å². The molecule has 0 aliphatic carbocycles. The summed E-state index contributed by atoms with van der Waals surface area (Å²) in [6.45, 7) is 7.04. The van der Waals surface area contributed by atoms with Crippen LogP contribution in [-0.4, -0.2) is 58.1 Å². The summed E-state index contributed by atoms with van der Waals surface area (Å²) in [4.78, 5) is 15.2. The second-order valence-corrected chi connectivity index (χ2v) is 8.25. The maximum absolute atomic E-state index is 13.4. The number of nitrogens with zero attached hydrogens (tertiary/aromatic N) is 2. The molecule has 1 amide bonds. The second-order valence-electron chi connectivity index (χ2n) is 8.25. The van der Waals surface area contributed by atoms with Crippen LogP contribution in [0.25, 0.3) is 11.3 Å². The van der Waals surface area contributed by atoms with Gasteiger partial charge >= 0.3 is 0 Å². The third kappa shape index (κ3) is 4.02. The van der Waals surface area contributed by atoms with E-state index >= 15 is 0 Å². The Hall–Kier alpha value is -3.52. The summed E-state index contributed by atoms with van der Waals surface area (Å²) in [6, 6.07) is 8.43. The van der Waals surface area contributed by atoms with Crippen molar-refractivity contribution >= 4 is 5.91 Å². The Morgan fingerprint density at radius 2 is 1.97 bits per heavy atom. The topological polar surface area (TPSA) is 108 Å². The number of fused-ring (bicyclic) bond motifs is 1. The van der Waals surface area contributed by atoms with Gasteiger partial charge in [-0.2, -0.15) is 5.10 Å². The maximum Gasteiger partial charge on any atom is 0.273 e. The van der Waals surface area contributed by atoms with Crippen molar-refractivity contribution in [1.82, 2.24) is 15.1 Å². The molecule has 1 unspecified atom stereocenters. The number of aromatic nitrogens is 2. The van der Waals surface area contributed by atoms with Crippen molar-refractivity contribution in [2.75, 3.05) is 26.9 Å². The molecular formula is C25H29N3O5. The van der Waals surface area contributed by atoms with Gasteiger partial charge in [-0.3, -0.25) is 9.89 Å². The smallest absolute Gasteiger partial charge is 0.273 e. The molecule has 0 fully saturated rings. The summed E-state index contributed by atoms with van der Waals surface area (Å²) in [5.41, 5.74) is 4.72. The van der Waals surface area contributed by atoms with E-state index in [2.05, 4.69) is 10.2 Å². The van der Waals surface area contributed by atoms with E-state index in [-0.39, 0.29) is 17.4 Å². The van der Waals surface area contributed by atoms with Crippen molar-refractivity contribution in [1.29, 1.82) is 0 Å². The minimum atomic E-state index is -0.460. The molecule has 8 nitrogen and oxygen atoms in total. The quantitative estimate of drug-likeness (QED) is 0.445. The number of carbonyl (C=O) groups is 1. The lowest BCUT2D eigenvalue weighted by Crippen LogP contribution is -2.31. The normalized spacial score (nSPS) is 15.2. The highest BCUT2D eigenvalue weighted by Crippen LogP contribution is 2.46. The Labute approximate surface area is 192 Å². The highest BCUT2D eigenvalue weighted by Gasteiger charge is 2.42. The number of amides is 1. The molecule has 0 saturated carbocycles. The SMILES string of the molecule is CCOc1cc(C2c3c(-c4cc(C)cc(C)c4O)n[nH]c3C(=O)N2CCCOC)ccc1O. The van der Waals surface area contributed by atoms with Crippen molar-refractivity contribution in [3.63, 3.8) is 0 Å². The molecule has 4 rings (SSSR count). The number of aromatic amines is 1. The van der Waals surface area contributed by atoms with Gasteiger partial charge in [0.05, 0.1) is 12.6 Å². The number of aromatic hydroxyl groups is 2. The van der Waals surface area contributed by atoms with E-state index in [9.17, 15) is 15.0 Å². The van der Waals surface area contributed by atoms with Gasteiger partial charge < -0.3 is 24.6 Å². The number of phenols is 2. The zero-order chi connectivity index (χ0) is 23.7. The molecule has 3 aromatic rings. The molecule has 1 aliphatic rings. The second kappa shape index (κ2) is 9.15. The number of hydrogen-bond acceptors (Lipinski definition) is 6. The average Bonchev–Trinajstić information content (AvgIpc) is 3.32. The van der Waals surface area contributed by atoms with Crippen LogP contribution in [0.5, 0.6) is 17.2 Å². The van der Waals surface area contributed by atoms with Crippen molar-refractivity contribution in [3.05, 3.63) is 58.3 Å². The standard InChI is InChI=1S/C25H29N3O5/c1-5-33-19-13-16(7-8-18(19)29)23-20-21(17-12-14(2)11-15(3)24(17)30)26-27-22(20)25(31)28(23)9-6-10-32-4/h7-8,11-13,23,29-30H,5-6,9-10H2,1-4H3,(H,26,27). The Morgan fingerprint density at radius 1 is 1.18 bits per heavy atom. The molecule has 1 aromatic heterocycles. The molecule has 174 valence electrons. The average molecular weight is 452 g/mol. The third-order valence-corrected chi connectivity index (χ3v) is 5.91. The first-order valence-corrected chi connectivity index (χ1v) is 11.0. The number of benzene rings is 2. The Kier molecular flexibility index (Phi) is 6.29. The number of aryl methyl sites for hydroxylation is 2. The fourth-order valence-corrected chi connectivity index (χ4v) is 4.47. The molecule has 2 heterocycles. The maximum atomic E-state index is 13.4. The van der Waals surface area contributed by atoms with Gasteiger partial charge in [-0.05, 0) is 62.1 Å². The van der Waals surface area contributed by atoms with Crippen LogP contribution in [0.3, 0.4) is 0 Å². The predicted molar refractivity (Wildman–Crippen MR) is 124 cm³/mol. The summed E-state index contributed by atoms with van der Waals surface area (Å²) in [7, 11) is 1.63. The minimum Gasteiger partial charge on any atom is -0.507 e. The van der Waals surface area contributed by atoms with Crippen LogP contribution in [0.4, 0.5) is 0 Å². The molecule has 0 radical (unpaired) electrons. The van der Waals surface area contributed by atoms with E-state index in [1.807, 2.05) is 32.9 Å². The molecular weight excluding hydrogens is 422 g/mol. The zero-order valence-corrected chi connectivity index (χ0v) is 19.3. The number of phenolic OH excluding ortho intramolecular Hbond substituents is 2. The molecule has 2 aromatic carbocycles. The van der Waals surface area contributed by atoms with Gasteiger partial charge in [-0.25, -0.2) is 0 Å². The van der Waals surface area contributed by atoms with Crippen LogP contribution < -0.4 is 4.74 Å². The number of ether oxygens (including phenoxy) is 2. The van der Waals surface area contributed by atoms with Crippen LogP contribution in [0.2, 0.25) is 0 Å². The zero-order valence-electron chi connectivity index (χ0n) is 19.3. The monoisotopic (exact) mass is 451 g/mol. The van der Waals surface area contributed by atoms with Crippen LogP contribution in [0, 0.1) is 13.8 Å². The highest BCUT2D eigenvalue weighted by atomic mass is 16.5. The molecule has 3 N–H and O–H groups in total. The van der Waals surface area contributed by atoms with Gasteiger partial charge in [0.2, 0.25) is 0 Å². The van der Waals surface area contributed by atoms with Gasteiger partial charge in [-0.15, -0.1) is 0 Å². The van der Waals surface area contributed by atoms with Gasteiger partial charge in [0.25, 0.3) is 5.91 Å². The first kappa shape index (κ1) is 22.7. The number of nitrogens with one attached hydrogen (secondary N) is 1. The third-order valence-electron chi connectivity index (χ3n) is 5.91. The summed E-state index contributed by atoms with van der Waals surface area (Å²) in [5, 5.41) is 28.4. The molecule has 8 heteroatoms. The lowest BCUT2D eigenvalue weighted by molar-refractivity contribution is 0.0723. The summed E-state index contributed by atoms with van der Waals surface area (Å²) < 4.78 is 10.8. The van der Waals surface area contributed by atoms with E-state index in [1.54, 1.807) is 30.2 Å². The van der Waals surface area contributed by atoms with Crippen molar-refractivity contribution in [3.8, 4) is 28.5 Å². The molecule has 0 spiro atoms. The molecule has 1 aliphatic heterocycles. The fraction of sp³-hybridized carbons (Fsp3) is 0.360. The Morgan fingerprint density at radius 3 is 2.70 bits per heavy atom. The Balaban J connectivity index is 1.89. The first-order valence-electron chi connectivity index (χ1n) is 11.0. The van der Waals surface area contributed by atoms with Gasteiger partial charge in [0, 0.05) is 31.4 Å². The van der Waals surface area contributed by atoms with Gasteiger partial charge in [-0.1, -0.05) is 12.1 Å². The number of carbonyl (C=O) groups excluding carboxylic acids is 1. The highest BCUT2D eigenvalue weighted by molar-refractivity contribution is 6.00. The van der Waals surface area contributed by atoms with Crippen LogP contribution in [0.15, 0.2) is 30.3 Å². The van der Waals surface area contributed by atoms with Crippen LogP contribution in [-0.2, 0) is 4.74 Å². The molecule has 33 heavy (non-hydrogen) atoms. The summed E-state index contributed by atoms with van der Waals surface area (Å²) in [6.07, 6.45) is 0.664. The van der Waals surface area contributed by atoms with Gasteiger partial charge in [0.15, 0.2) is 11.5 Å². The van der Waals surface area contributed by atoms with Crippen molar-refractivity contribution < 1.29 is 24.5 Å². The van der Waals surface area contributed by atoms with Crippen molar-refractivity contribution in [2.45, 2.75) is 33.2 Å². The summed E-state index contributed by atoms with van der Waals surface area (Å²) >= 11 is 0. The van der Waals surface area contributed by atoms with E-state index < -0.39 is 6.04 Å². The van der Waals surface area contributed by atoms with E-state index in [1.165, 1.54) is 0 Å².